The Morgan fingerprint density at radius 1 is 1.16 bits per heavy atom. The third-order valence-electron chi connectivity index (χ3n) is 3.99. The molecular formula is C21H27N3O7. The average Bonchev–Trinajstić information content (AvgIpc) is 2.67. The molecule has 2 N–H and O–H groups in total. The van der Waals surface area contributed by atoms with Crippen molar-refractivity contribution in [3.05, 3.63) is 40.3 Å². The standard InChI is InChI=1S/C21H27N3O7/c1-12(2)15(23-20(28)31-21(3,4)5)19(27)30-10-9-29-18(26)14-11-13-7-6-8-22-16(13)24-17(14)25/h6-8,11-12,15H,9-10H2,1-5H3,(H,23,28)(H,22,24,25)/t15-/m0/s1. The minimum absolute atomic E-state index is 0.182. The lowest BCUT2D eigenvalue weighted by Crippen LogP contribution is -2.47. The molecule has 1 atom stereocenters. The molecule has 2 aromatic heterocycles. The summed E-state index contributed by atoms with van der Waals surface area (Å²) in [7, 11) is 0. The van der Waals surface area contributed by atoms with E-state index in [0.29, 0.717) is 11.0 Å². The van der Waals surface area contributed by atoms with Gasteiger partial charge in [0, 0.05) is 11.6 Å². The molecule has 0 spiro atoms. The molecule has 1 amide bonds. The van der Waals surface area contributed by atoms with Gasteiger partial charge in [0.25, 0.3) is 5.56 Å². The number of pyridine rings is 2. The molecule has 168 valence electrons. The first-order valence-electron chi connectivity index (χ1n) is 9.79. The number of rotatable bonds is 7. The van der Waals surface area contributed by atoms with Crippen LogP contribution >= 0.6 is 0 Å². The van der Waals surface area contributed by atoms with Crippen LogP contribution in [0.15, 0.2) is 29.2 Å². The van der Waals surface area contributed by atoms with Crippen LogP contribution in [0.5, 0.6) is 0 Å². The Kier molecular flexibility index (Phi) is 7.73. The minimum atomic E-state index is -0.929. The maximum atomic E-state index is 12.3. The van der Waals surface area contributed by atoms with Crippen LogP contribution in [0.1, 0.15) is 45.0 Å². The Morgan fingerprint density at radius 2 is 1.84 bits per heavy atom. The molecule has 0 aromatic carbocycles. The van der Waals surface area contributed by atoms with Crippen molar-refractivity contribution in [2.24, 2.45) is 5.92 Å². The third kappa shape index (κ3) is 7.09. The fourth-order valence-corrected chi connectivity index (χ4v) is 2.56. The van der Waals surface area contributed by atoms with Crippen LogP contribution in [0.25, 0.3) is 11.0 Å². The molecule has 10 heteroatoms. The number of esters is 2. The maximum Gasteiger partial charge on any atom is 0.408 e. The zero-order chi connectivity index (χ0) is 23.2. The Labute approximate surface area is 179 Å². The number of fused-ring (bicyclic) bond motifs is 1. The number of ether oxygens (including phenoxy) is 3. The molecule has 2 rings (SSSR count). The van der Waals surface area contributed by atoms with Gasteiger partial charge in [-0.3, -0.25) is 4.79 Å². The number of carbonyl (C=O) groups excluding carboxylic acids is 3. The first-order valence-corrected chi connectivity index (χ1v) is 9.79. The summed E-state index contributed by atoms with van der Waals surface area (Å²) < 4.78 is 15.3. The first-order chi connectivity index (χ1) is 14.5. The number of hydrogen-bond acceptors (Lipinski definition) is 8. The predicted octanol–water partition coefficient (Wildman–Crippen LogP) is 2.17. The number of hydrogen-bond donors (Lipinski definition) is 2. The fourth-order valence-electron chi connectivity index (χ4n) is 2.56. The molecule has 2 aromatic rings. The van der Waals surface area contributed by atoms with Gasteiger partial charge in [-0.05, 0) is 44.9 Å². The predicted molar refractivity (Wildman–Crippen MR) is 112 cm³/mol. The SMILES string of the molecule is CC(C)[C@H](NC(=O)OC(C)(C)C)C(=O)OCCOC(=O)c1cc2cccnc2[nH]c1=O. The highest BCUT2D eigenvalue weighted by Gasteiger charge is 2.28. The van der Waals surface area contributed by atoms with Gasteiger partial charge in [0.1, 0.15) is 36.1 Å². The zero-order valence-electron chi connectivity index (χ0n) is 18.2. The van der Waals surface area contributed by atoms with Gasteiger partial charge in [-0.15, -0.1) is 0 Å². The van der Waals surface area contributed by atoms with Crippen molar-refractivity contribution in [3.63, 3.8) is 0 Å². The lowest BCUT2D eigenvalue weighted by molar-refractivity contribution is -0.148. The van der Waals surface area contributed by atoms with Crippen molar-refractivity contribution >= 4 is 29.1 Å². The van der Waals surface area contributed by atoms with Crippen molar-refractivity contribution < 1.29 is 28.6 Å². The lowest BCUT2D eigenvalue weighted by atomic mass is 10.1. The van der Waals surface area contributed by atoms with Gasteiger partial charge in [-0.1, -0.05) is 13.8 Å². The van der Waals surface area contributed by atoms with Gasteiger partial charge >= 0.3 is 18.0 Å². The molecule has 0 aliphatic heterocycles. The molecule has 0 aliphatic carbocycles. The monoisotopic (exact) mass is 433 g/mol. The number of aromatic amines is 1. The Balaban J connectivity index is 1.88. The largest absolute Gasteiger partial charge is 0.461 e. The quantitative estimate of drug-likeness (QED) is 0.385. The van der Waals surface area contributed by atoms with Crippen LogP contribution in [-0.2, 0) is 19.0 Å². The number of nitrogens with zero attached hydrogens (tertiary/aromatic N) is 1. The number of aromatic nitrogens is 2. The van der Waals surface area contributed by atoms with Crippen LogP contribution in [0.3, 0.4) is 0 Å². The van der Waals surface area contributed by atoms with Crippen LogP contribution in [-0.4, -0.2) is 52.9 Å². The highest BCUT2D eigenvalue weighted by molar-refractivity contribution is 5.92. The van der Waals surface area contributed by atoms with Gasteiger partial charge in [-0.2, -0.15) is 0 Å². The normalized spacial score (nSPS) is 12.3. The molecule has 0 fully saturated rings. The smallest absolute Gasteiger partial charge is 0.408 e. The van der Waals surface area contributed by atoms with Crippen molar-refractivity contribution in [2.75, 3.05) is 13.2 Å². The molecule has 10 nitrogen and oxygen atoms in total. The summed E-state index contributed by atoms with van der Waals surface area (Å²) in [5.41, 5.74) is -1.16. The summed E-state index contributed by atoms with van der Waals surface area (Å²) >= 11 is 0. The van der Waals surface area contributed by atoms with Crippen molar-refractivity contribution in [2.45, 2.75) is 46.3 Å². The van der Waals surface area contributed by atoms with Gasteiger partial charge < -0.3 is 24.5 Å². The van der Waals surface area contributed by atoms with E-state index < -0.39 is 35.2 Å². The fraction of sp³-hybridized carbons (Fsp3) is 0.476. The zero-order valence-corrected chi connectivity index (χ0v) is 18.2. The van der Waals surface area contributed by atoms with Gasteiger partial charge in [-0.25, -0.2) is 19.4 Å². The molecule has 0 aliphatic rings. The first kappa shape index (κ1) is 23.8. The second kappa shape index (κ2) is 10.1. The minimum Gasteiger partial charge on any atom is -0.461 e. The van der Waals surface area contributed by atoms with E-state index in [1.165, 1.54) is 12.3 Å². The summed E-state index contributed by atoms with van der Waals surface area (Å²) in [6, 6.07) is 3.82. The maximum absolute atomic E-state index is 12.3. The van der Waals surface area contributed by atoms with E-state index in [2.05, 4.69) is 15.3 Å². The number of H-pyrrole nitrogens is 1. The molecule has 31 heavy (non-hydrogen) atoms. The molecule has 2 heterocycles. The van der Waals surface area contributed by atoms with E-state index in [4.69, 9.17) is 14.2 Å². The van der Waals surface area contributed by atoms with Gasteiger partial charge in [0.2, 0.25) is 0 Å². The topological polar surface area (TPSA) is 137 Å². The van der Waals surface area contributed by atoms with E-state index >= 15 is 0 Å². The van der Waals surface area contributed by atoms with E-state index in [9.17, 15) is 19.2 Å². The van der Waals surface area contributed by atoms with E-state index in [1.807, 2.05) is 0 Å². The Bertz CT molecular complexity index is 1010. The molecular weight excluding hydrogens is 406 g/mol. The number of alkyl carbamates (subject to hydrolysis) is 1. The van der Waals surface area contributed by atoms with Crippen molar-refractivity contribution in [1.29, 1.82) is 0 Å². The van der Waals surface area contributed by atoms with Crippen LogP contribution < -0.4 is 10.9 Å². The number of amides is 1. The van der Waals surface area contributed by atoms with E-state index in [1.54, 1.807) is 46.8 Å². The van der Waals surface area contributed by atoms with Gasteiger partial charge in [0.15, 0.2) is 0 Å². The molecule has 0 saturated carbocycles. The summed E-state index contributed by atoms with van der Waals surface area (Å²) in [4.78, 5) is 55.0. The third-order valence-corrected chi connectivity index (χ3v) is 3.99. The molecule has 0 unspecified atom stereocenters. The van der Waals surface area contributed by atoms with Crippen LogP contribution in [0, 0.1) is 5.92 Å². The second-order valence-corrected chi connectivity index (χ2v) is 8.12. The Hall–Kier alpha value is -3.43. The average molecular weight is 433 g/mol. The van der Waals surface area contributed by atoms with Crippen LogP contribution in [0.2, 0.25) is 0 Å². The highest BCUT2D eigenvalue weighted by Crippen LogP contribution is 2.10. The number of nitrogens with one attached hydrogen (secondary N) is 2. The van der Waals surface area contributed by atoms with Crippen molar-refractivity contribution in [3.8, 4) is 0 Å². The number of carbonyl (C=O) groups is 3. The van der Waals surface area contributed by atoms with Crippen molar-refractivity contribution in [1.82, 2.24) is 15.3 Å². The lowest BCUT2D eigenvalue weighted by Gasteiger charge is -2.24. The van der Waals surface area contributed by atoms with Gasteiger partial charge in [0.05, 0.1) is 0 Å². The summed E-state index contributed by atoms with van der Waals surface area (Å²) in [5, 5.41) is 3.06. The Morgan fingerprint density at radius 3 is 2.48 bits per heavy atom. The summed E-state index contributed by atoms with van der Waals surface area (Å²) in [6.07, 6.45) is 0.784. The summed E-state index contributed by atoms with van der Waals surface area (Å²) in [5.74, 6) is -1.80. The second-order valence-electron chi connectivity index (χ2n) is 8.12. The molecule has 0 saturated heterocycles. The van der Waals surface area contributed by atoms with E-state index in [-0.39, 0.29) is 24.7 Å². The molecule has 0 radical (unpaired) electrons. The summed E-state index contributed by atoms with van der Waals surface area (Å²) in [6.45, 7) is 8.11. The highest BCUT2D eigenvalue weighted by atomic mass is 16.6. The van der Waals surface area contributed by atoms with Crippen LogP contribution in [0.4, 0.5) is 4.79 Å². The van der Waals surface area contributed by atoms with E-state index in [0.717, 1.165) is 0 Å². The molecule has 0 bridgehead atoms.